The fourth-order valence-electron chi connectivity index (χ4n) is 3.69. The third kappa shape index (κ3) is 3.24. The molecule has 1 atom stereocenters. The number of likely N-dealkylation sites (tertiary alicyclic amines) is 1. The molecule has 2 heteroatoms. The molecule has 1 N–H and O–H groups in total. The molecule has 1 heterocycles. The lowest BCUT2D eigenvalue weighted by Gasteiger charge is -2.16. The molecule has 20 heavy (non-hydrogen) atoms. The van der Waals surface area contributed by atoms with Crippen molar-refractivity contribution in [3.8, 4) is 0 Å². The van der Waals surface area contributed by atoms with Crippen molar-refractivity contribution in [1.29, 1.82) is 0 Å². The third-order valence-electron chi connectivity index (χ3n) is 4.96. The van der Waals surface area contributed by atoms with Crippen LogP contribution >= 0.6 is 0 Å². The van der Waals surface area contributed by atoms with Gasteiger partial charge in [0.2, 0.25) is 0 Å². The molecule has 2 aliphatic rings. The summed E-state index contributed by atoms with van der Waals surface area (Å²) in [6, 6.07) is 5.55. The minimum Gasteiger partial charge on any atom is -0.312 e. The second-order valence-electron chi connectivity index (χ2n) is 6.89. The van der Waals surface area contributed by atoms with Crippen molar-refractivity contribution in [3.05, 3.63) is 34.4 Å². The van der Waals surface area contributed by atoms with Gasteiger partial charge >= 0.3 is 0 Å². The molecule has 2 fully saturated rings. The van der Waals surface area contributed by atoms with Crippen LogP contribution in [-0.2, 0) is 6.54 Å². The van der Waals surface area contributed by atoms with Crippen LogP contribution in [0.3, 0.4) is 0 Å². The molecular weight excluding hydrogens is 244 g/mol. The molecule has 1 aromatic rings. The van der Waals surface area contributed by atoms with E-state index in [2.05, 4.69) is 43.1 Å². The Hall–Kier alpha value is -0.860. The number of hydrogen-bond acceptors (Lipinski definition) is 2. The summed E-state index contributed by atoms with van der Waals surface area (Å²) in [6.45, 7) is 11.5. The van der Waals surface area contributed by atoms with Gasteiger partial charge in [-0.2, -0.15) is 0 Å². The molecule has 0 amide bonds. The number of nitrogens with one attached hydrogen (secondary N) is 1. The monoisotopic (exact) mass is 272 g/mol. The summed E-state index contributed by atoms with van der Waals surface area (Å²) in [5.74, 6) is 0.863. The predicted octanol–water partition coefficient (Wildman–Crippen LogP) is 3.19. The van der Waals surface area contributed by atoms with E-state index in [1.54, 1.807) is 0 Å². The first-order valence-electron chi connectivity index (χ1n) is 8.15. The Labute approximate surface area is 123 Å². The van der Waals surface area contributed by atoms with Crippen molar-refractivity contribution in [2.24, 2.45) is 5.92 Å². The van der Waals surface area contributed by atoms with Gasteiger partial charge in [0.15, 0.2) is 0 Å². The highest BCUT2D eigenvalue weighted by molar-refractivity contribution is 5.37. The Morgan fingerprint density at radius 1 is 1.10 bits per heavy atom. The topological polar surface area (TPSA) is 15.3 Å². The first kappa shape index (κ1) is 14.1. The van der Waals surface area contributed by atoms with E-state index >= 15 is 0 Å². The van der Waals surface area contributed by atoms with Gasteiger partial charge in [0.05, 0.1) is 0 Å². The van der Waals surface area contributed by atoms with Crippen LogP contribution in [0.4, 0.5) is 0 Å². The highest BCUT2D eigenvalue weighted by Crippen LogP contribution is 2.31. The molecule has 3 rings (SSSR count). The molecule has 0 radical (unpaired) electrons. The molecule has 0 bridgehead atoms. The summed E-state index contributed by atoms with van der Waals surface area (Å²) in [6.07, 6.45) is 4.28. The summed E-state index contributed by atoms with van der Waals surface area (Å²) < 4.78 is 0. The molecule has 1 saturated carbocycles. The van der Waals surface area contributed by atoms with E-state index in [-0.39, 0.29) is 0 Å². The summed E-state index contributed by atoms with van der Waals surface area (Å²) in [4.78, 5) is 2.70. The maximum absolute atomic E-state index is 3.70. The number of rotatable bonds is 5. The number of aryl methyl sites for hydroxylation is 3. The van der Waals surface area contributed by atoms with Crippen LogP contribution in [-0.4, -0.2) is 30.6 Å². The lowest BCUT2D eigenvalue weighted by molar-refractivity contribution is 0.312. The van der Waals surface area contributed by atoms with E-state index < -0.39 is 0 Å². The summed E-state index contributed by atoms with van der Waals surface area (Å²) in [5, 5.41) is 3.70. The summed E-state index contributed by atoms with van der Waals surface area (Å²) >= 11 is 0. The summed E-state index contributed by atoms with van der Waals surface area (Å²) in [7, 11) is 0. The molecule has 0 spiro atoms. The van der Waals surface area contributed by atoms with Crippen LogP contribution in [0.5, 0.6) is 0 Å². The second kappa shape index (κ2) is 5.87. The maximum atomic E-state index is 3.70. The SMILES string of the molecule is Cc1cc(C)c(CNCC2CCN(C3CC3)C2)c(C)c1. The highest BCUT2D eigenvalue weighted by atomic mass is 15.2. The molecule has 1 aliphatic heterocycles. The first-order valence-corrected chi connectivity index (χ1v) is 8.15. The lowest BCUT2D eigenvalue weighted by Crippen LogP contribution is -2.27. The normalized spacial score (nSPS) is 23.4. The van der Waals surface area contributed by atoms with Crippen molar-refractivity contribution in [2.75, 3.05) is 19.6 Å². The summed E-state index contributed by atoms with van der Waals surface area (Å²) in [5.41, 5.74) is 5.73. The van der Waals surface area contributed by atoms with Crippen molar-refractivity contribution in [2.45, 2.75) is 52.6 Å². The number of benzene rings is 1. The second-order valence-corrected chi connectivity index (χ2v) is 6.89. The van der Waals surface area contributed by atoms with Gasteiger partial charge in [-0.3, -0.25) is 0 Å². The highest BCUT2D eigenvalue weighted by Gasteiger charge is 2.33. The maximum Gasteiger partial charge on any atom is 0.0210 e. The van der Waals surface area contributed by atoms with Gasteiger partial charge in [-0.05, 0) is 75.7 Å². The fourth-order valence-corrected chi connectivity index (χ4v) is 3.69. The lowest BCUT2D eigenvalue weighted by atomic mass is 9.99. The smallest absolute Gasteiger partial charge is 0.0210 e. The zero-order valence-corrected chi connectivity index (χ0v) is 13.2. The molecule has 1 aromatic carbocycles. The van der Waals surface area contributed by atoms with Gasteiger partial charge in [-0.1, -0.05) is 17.7 Å². The Bertz CT molecular complexity index is 453. The van der Waals surface area contributed by atoms with E-state index in [0.717, 1.165) is 18.5 Å². The Balaban J connectivity index is 1.48. The van der Waals surface area contributed by atoms with Crippen LogP contribution in [0.25, 0.3) is 0 Å². The average molecular weight is 272 g/mol. The van der Waals surface area contributed by atoms with E-state index in [9.17, 15) is 0 Å². The van der Waals surface area contributed by atoms with Crippen LogP contribution in [0.15, 0.2) is 12.1 Å². The first-order chi connectivity index (χ1) is 9.63. The molecule has 1 unspecified atom stereocenters. The van der Waals surface area contributed by atoms with E-state index in [0.29, 0.717) is 0 Å². The van der Waals surface area contributed by atoms with Crippen molar-refractivity contribution in [1.82, 2.24) is 10.2 Å². The predicted molar refractivity (Wildman–Crippen MR) is 85.1 cm³/mol. The quantitative estimate of drug-likeness (QED) is 0.885. The number of nitrogens with zero attached hydrogens (tertiary/aromatic N) is 1. The van der Waals surface area contributed by atoms with Crippen LogP contribution in [0.1, 0.15) is 41.5 Å². The average Bonchev–Trinajstić information content (AvgIpc) is 3.13. The minimum absolute atomic E-state index is 0.863. The molecule has 1 aliphatic carbocycles. The minimum atomic E-state index is 0.863. The zero-order valence-electron chi connectivity index (χ0n) is 13.2. The van der Waals surface area contributed by atoms with Crippen molar-refractivity contribution < 1.29 is 0 Å². The molecule has 110 valence electrons. The van der Waals surface area contributed by atoms with Gasteiger partial charge < -0.3 is 10.2 Å². The molecule has 1 saturated heterocycles. The van der Waals surface area contributed by atoms with Crippen molar-refractivity contribution >= 4 is 0 Å². The van der Waals surface area contributed by atoms with Gasteiger partial charge in [0, 0.05) is 19.1 Å². The largest absolute Gasteiger partial charge is 0.312 e. The van der Waals surface area contributed by atoms with E-state index in [4.69, 9.17) is 0 Å². The Kier molecular flexibility index (Phi) is 4.13. The van der Waals surface area contributed by atoms with Gasteiger partial charge in [-0.15, -0.1) is 0 Å². The third-order valence-corrected chi connectivity index (χ3v) is 4.96. The van der Waals surface area contributed by atoms with Crippen LogP contribution in [0.2, 0.25) is 0 Å². The standard InChI is InChI=1S/C18H28N2/c1-13-8-14(2)18(15(3)9-13)11-19-10-16-6-7-20(12-16)17-4-5-17/h8-9,16-17,19H,4-7,10-12H2,1-3H3. The van der Waals surface area contributed by atoms with E-state index in [1.807, 2.05) is 0 Å². The van der Waals surface area contributed by atoms with Gasteiger partial charge in [0.25, 0.3) is 0 Å². The zero-order chi connectivity index (χ0) is 14.1. The van der Waals surface area contributed by atoms with Crippen molar-refractivity contribution in [3.63, 3.8) is 0 Å². The Morgan fingerprint density at radius 2 is 1.80 bits per heavy atom. The molecule has 0 aromatic heterocycles. The van der Waals surface area contributed by atoms with Crippen LogP contribution < -0.4 is 5.32 Å². The Morgan fingerprint density at radius 3 is 2.45 bits per heavy atom. The van der Waals surface area contributed by atoms with Crippen LogP contribution in [0, 0.1) is 26.7 Å². The van der Waals surface area contributed by atoms with E-state index in [1.165, 1.54) is 61.2 Å². The fraction of sp³-hybridized carbons (Fsp3) is 0.667. The van der Waals surface area contributed by atoms with Gasteiger partial charge in [-0.25, -0.2) is 0 Å². The van der Waals surface area contributed by atoms with Gasteiger partial charge in [0.1, 0.15) is 0 Å². The molecule has 2 nitrogen and oxygen atoms in total. The molecular formula is C18H28N2. The number of hydrogen-bond donors (Lipinski definition) is 1.